The molecule has 3 rings (SSSR count). The third-order valence-corrected chi connectivity index (χ3v) is 4.47. The molecule has 9 nitrogen and oxygen atoms in total. The number of hydrogen-bond acceptors (Lipinski definition) is 6. The minimum atomic E-state index is -0.957. The Kier molecular flexibility index (Phi) is 4.58. The second kappa shape index (κ2) is 6.84. The van der Waals surface area contributed by atoms with E-state index in [1.807, 2.05) is 6.92 Å². The maximum Gasteiger partial charge on any atom is 0.248 e. The number of carbonyl (C=O) groups excluding carboxylic acids is 2. The van der Waals surface area contributed by atoms with Crippen LogP contribution in [-0.2, 0) is 16.1 Å². The SMILES string of the molecule is CC[C@]1(C#N)CCN(c2cccc(Nc3cnn(CC(N)=O)c3)n2)C1=O. The lowest BCUT2D eigenvalue weighted by Crippen LogP contribution is -2.33. The van der Waals surface area contributed by atoms with E-state index in [0.29, 0.717) is 36.7 Å². The number of amides is 2. The number of hydrogen-bond donors (Lipinski definition) is 2. The zero-order valence-electron chi connectivity index (χ0n) is 14.3. The summed E-state index contributed by atoms with van der Waals surface area (Å²) in [5.41, 5.74) is 4.83. The molecule has 3 heterocycles. The summed E-state index contributed by atoms with van der Waals surface area (Å²) in [4.78, 5) is 29.6. The second-order valence-electron chi connectivity index (χ2n) is 6.15. The summed E-state index contributed by atoms with van der Waals surface area (Å²) in [6.07, 6.45) is 4.17. The van der Waals surface area contributed by atoms with Crippen molar-refractivity contribution < 1.29 is 9.59 Å². The van der Waals surface area contributed by atoms with Crippen molar-refractivity contribution in [3.63, 3.8) is 0 Å². The molecule has 9 heteroatoms. The van der Waals surface area contributed by atoms with E-state index in [0.717, 1.165) is 0 Å². The summed E-state index contributed by atoms with van der Waals surface area (Å²) in [7, 11) is 0. The van der Waals surface area contributed by atoms with Crippen molar-refractivity contribution in [2.75, 3.05) is 16.8 Å². The first-order valence-corrected chi connectivity index (χ1v) is 8.25. The average molecular weight is 353 g/mol. The minimum absolute atomic E-state index is 0.00924. The van der Waals surface area contributed by atoms with Gasteiger partial charge in [0.25, 0.3) is 0 Å². The molecular formula is C17H19N7O2. The number of pyridine rings is 1. The number of nitriles is 1. The summed E-state index contributed by atoms with van der Waals surface area (Å²) >= 11 is 0. The molecule has 0 radical (unpaired) electrons. The molecule has 0 unspecified atom stereocenters. The van der Waals surface area contributed by atoms with Gasteiger partial charge in [-0.1, -0.05) is 13.0 Å². The van der Waals surface area contributed by atoms with Crippen LogP contribution in [-0.4, -0.2) is 33.1 Å². The molecule has 2 aromatic heterocycles. The van der Waals surface area contributed by atoms with Gasteiger partial charge in [0.15, 0.2) is 0 Å². The van der Waals surface area contributed by atoms with E-state index >= 15 is 0 Å². The van der Waals surface area contributed by atoms with Crippen molar-refractivity contribution in [2.45, 2.75) is 26.3 Å². The van der Waals surface area contributed by atoms with Gasteiger partial charge >= 0.3 is 0 Å². The number of nitrogens with one attached hydrogen (secondary N) is 1. The molecule has 1 fully saturated rings. The van der Waals surface area contributed by atoms with E-state index in [1.54, 1.807) is 35.5 Å². The van der Waals surface area contributed by atoms with Crippen LogP contribution in [0.5, 0.6) is 0 Å². The minimum Gasteiger partial charge on any atom is -0.368 e. The van der Waals surface area contributed by atoms with Crippen LogP contribution in [0, 0.1) is 16.7 Å². The molecule has 3 N–H and O–H groups in total. The van der Waals surface area contributed by atoms with E-state index in [4.69, 9.17) is 5.73 Å². The number of carbonyl (C=O) groups is 2. The predicted molar refractivity (Wildman–Crippen MR) is 94.2 cm³/mol. The van der Waals surface area contributed by atoms with Crippen molar-refractivity contribution in [3.05, 3.63) is 30.6 Å². The van der Waals surface area contributed by atoms with Gasteiger partial charge in [-0.3, -0.25) is 19.2 Å². The molecule has 1 aliphatic heterocycles. The third-order valence-electron chi connectivity index (χ3n) is 4.47. The first kappa shape index (κ1) is 17.4. The lowest BCUT2D eigenvalue weighted by molar-refractivity contribution is -0.123. The van der Waals surface area contributed by atoms with Crippen molar-refractivity contribution in [1.82, 2.24) is 14.8 Å². The Hall–Kier alpha value is -3.41. The summed E-state index contributed by atoms with van der Waals surface area (Å²) < 4.78 is 1.42. The highest BCUT2D eigenvalue weighted by molar-refractivity contribution is 6.01. The quantitative estimate of drug-likeness (QED) is 0.801. The van der Waals surface area contributed by atoms with Crippen molar-refractivity contribution >= 4 is 29.1 Å². The molecular weight excluding hydrogens is 334 g/mol. The van der Waals surface area contributed by atoms with Gasteiger partial charge in [0.2, 0.25) is 11.8 Å². The molecule has 134 valence electrons. The van der Waals surface area contributed by atoms with Gasteiger partial charge in [0.1, 0.15) is 23.6 Å². The lowest BCUT2D eigenvalue weighted by atomic mass is 9.85. The molecule has 2 aromatic rings. The maximum atomic E-state index is 12.7. The van der Waals surface area contributed by atoms with Crippen molar-refractivity contribution in [2.24, 2.45) is 11.1 Å². The third kappa shape index (κ3) is 3.21. The van der Waals surface area contributed by atoms with Crippen LogP contribution in [0.1, 0.15) is 19.8 Å². The van der Waals surface area contributed by atoms with Gasteiger partial charge in [0, 0.05) is 12.7 Å². The van der Waals surface area contributed by atoms with E-state index in [1.165, 1.54) is 4.68 Å². The molecule has 1 aliphatic rings. The average Bonchev–Trinajstić information content (AvgIpc) is 3.19. The van der Waals surface area contributed by atoms with Gasteiger partial charge in [-0.15, -0.1) is 0 Å². The van der Waals surface area contributed by atoms with Crippen molar-refractivity contribution in [1.29, 1.82) is 5.26 Å². The Morgan fingerprint density at radius 2 is 2.31 bits per heavy atom. The molecule has 1 atom stereocenters. The summed E-state index contributed by atoms with van der Waals surface area (Å²) in [6, 6.07) is 7.44. The fourth-order valence-corrected chi connectivity index (χ4v) is 2.96. The van der Waals surface area contributed by atoms with E-state index in [9.17, 15) is 14.9 Å². The Labute approximate surface area is 150 Å². The molecule has 0 aromatic carbocycles. The number of nitrogens with two attached hydrogens (primary N) is 1. The molecule has 0 bridgehead atoms. The number of aromatic nitrogens is 3. The molecule has 0 saturated carbocycles. The number of rotatable bonds is 6. The van der Waals surface area contributed by atoms with Crippen molar-refractivity contribution in [3.8, 4) is 6.07 Å². The normalized spacial score (nSPS) is 19.4. The Bertz CT molecular complexity index is 885. The number of anilines is 3. The van der Waals surface area contributed by atoms with Crippen LogP contribution >= 0.6 is 0 Å². The van der Waals surface area contributed by atoms with Gasteiger partial charge < -0.3 is 11.1 Å². The molecule has 1 saturated heterocycles. The highest BCUT2D eigenvalue weighted by Crippen LogP contribution is 2.36. The van der Waals surface area contributed by atoms with E-state index < -0.39 is 11.3 Å². The fraction of sp³-hybridized carbons (Fsp3) is 0.353. The van der Waals surface area contributed by atoms with Crippen LogP contribution in [0.15, 0.2) is 30.6 Å². The zero-order chi connectivity index (χ0) is 18.7. The molecule has 26 heavy (non-hydrogen) atoms. The van der Waals surface area contributed by atoms with Gasteiger partial charge in [-0.2, -0.15) is 10.4 Å². The summed E-state index contributed by atoms with van der Waals surface area (Å²) in [6.45, 7) is 2.30. The van der Waals surface area contributed by atoms with Crippen LogP contribution in [0.2, 0.25) is 0 Å². The predicted octanol–water partition coefficient (Wildman–Crippen LogP) is 1.16. The number of primary amides is 1. The highest BCUT2D eigenvalue weighted by atomic mass is 16.2. The monoisotopic (exact) mass is 353 g/mol. The standard InChI is InChI=1S/C17H19N7O2/c1-2-17(11-18)6-7-24(16(17)26)15-5-3-4-14(22-15)21-12-8-20-23(9-12)10-13(19)25/h3-5,8-9H,2,6-7,10H2,1H3,(H2,19,25)(H,21,22)/t17-/m1/s1. The highest BCUT2D eigenvalue weighted by Gasteiger charge is 2.46. The lowest BCUT2D eigenvalue weighted by Gasteiger charge is -2.19. The maximum absolute atomic E-state index is 12.7. The van der Waals surface area contributed by atoms with E-state index in [-0.39, 0.29) is 12.5 Å². The largest absolute Gasteiger partial charge is 0.368 e. The Morgan fingerprint density at radius 1 is 1.50 bits per heavy atom. The molecule has 2 amide bonds. The Morgan fingerprint density at radius 3 is 2.96 bits per heavy atom. The van der Waals surface area contributed by atoms with Crippen LogP contribution in [0.3, 0.4) is 0 Å². The van der Waals surface area contributed by atoms with Crippen LogP contribution < -0.4 is 16.0 Å². The zero-order valence-corrected chi connectivity index (χ0v) is 14.3. The van der Waals surface area contributed by atoms with Gasteiger partial charge in [0.05, 0.1) is 18.0 Å². The molecule has 0 spiro atoms. The Balaban J connectivity index is 1.77. The van der Waals surface area contributed by atoms with E-state index in [2.05, 4.69) is 21.5 Å². The first-order chi connectivity index (χ1) is 12.5. The van der Waals surface area contributed by atoms with Crippen LogP contribution in [0.25, 0.3) is 0 Å². The van der Waals surface area contributed by atoms with Crippen LogP contribution in [0.4, 0.5) is 17.3 Å². The molecule has 0 aliphatic carbocycles. The topological polar surface area (TPSA) is 130 Å². The smallest absolute Gasteiger partial charge is 0.248 e. The summed E-state index contributed by atoms with van der Waals surface area (Å²) in [5.74, 6) is 0.334. The second-order valence-corrected chi connectivity index (χ2v) is 6.15. The number of nitrogens with zero attached hydrogens (tertiary/aromatic N) is 5. The first-order valence-electron chi connectivity index (χ1n) is 8.25. The summed E-state index contributed by atoms with van der Waals surface area (Å²) in [5, 5.41) is 16.5. The fourth-order valence-electron chi connectivity index (χ4n) is 2.96. The van der Waals surface area contributed by atoms with Gasteiger partial charge in [-0.05, 0) is 25.0 Å². The van der Waals surface area contributed by atoms with Gasteiger partial charge in [-0.25, -0.2) is 4.98 Å².